The van der Waals surface area contributed by atoms with E-state index >= 15 is 0 Å². The highest BCUT2D eigenvalue weighted by Crippen LogP contribution is 2.11. The molecule has 3 rings (SSSR count). The number of nitrogens with one attached hydrogen (secondary N) is 2. The molecular formula is C19H19N3O3. The van der Waals surface area contributed by atoms with Crippen LogP contribution in [0.25, 0.3) is 0 Å². The van der Waals surface area contributed by atoms with Gasteiger partial charge in [-0.15, -0.1) is 0 Å². The minimum atomic E-state index is -0.400. The normalized spacial score (nSPS) is 13.7. The van der Waals surface area contributed by atoms with E-state index in [9.17, 15) is 14.4 Å². The summed E-state index contributed by atoms with van der Waals surface area (Å²) in [6.07, 6.45) is 0.759. The highest BCUT2D eigenvalue weighted by atomic mass is 16.2. The summed E-state index contributed by atoms with van der Waals surface area (Å²) in [5, 5.41) is 5.37. The molecule has 128 valence electrons. The lowest BCUT2D eigenvalue weighted by molar-refractivity contribution is -0.125. The molecule has 1 heterocycles. The number of carbonyl (C=O) groups is 3. The van der Waals surface area contributed by atoms with E-state index in [1.807, 2.05) is 30.3 Å². The van der Waals surface area contributed by atoms with Gasteiger partial charge in [0, 0.05) is 12.1 Å². The lowest BCUT2D eigenvalue weighted by Crippen LogP contribution is -2.30. The van der Waals surface area contributed by atoms with Crippen LogP contribution in [-0.4, -0.2) is 35.8 Å². The Balaban J connectivity index is 1.58. The number of imide groups is 1. The van der Waals surface area contributed by atoms with E-state index in [4.69, 9.17) is 0 Å². The van der Waals surface area contributed by atoms with Crippen molar-refractivity contribution < 1.29 is 14.4 Å². The van der Waals surface area contributed by atoms with Crippen molar-refractivity contribution in [1.82, 2.24) is 15.5 Å². The maximum absolute atomic E-state index is 12.3. The number of amides is 4. The smallest absolute Gasteiger partial charge is 0.324 e. The van der Waals surface area contributed by atoms with Gasteiger partial charge in [-0.3, -0.25) is 14.5 Å². The van der Waals surface area contributed by atoms with Gasteiger partial charge in [0.1, 0.15) is 0 Å². The molecule has 1 fully saturated rings. The van der Waals surface area contributed by atoms with Gasteiger partial charge in [-0.2, -0.15) is 0 Å². The van der Waals surface area contributed by atoms with E-state index in [1.165, 1.54) is 0 Å². The second-order valence-corrected chi connectivity index (χ2v) is 5.83. The van der Waals surface area contributed by atoms with Crippen LogP contribution in [0, 0.1) is 0 Å². The van der Waals surface area contributed by atoms with E-state index in [0.29, 0.717) is 12.1 Å². The molecule has 1 saturated heterocycles. The van der Waals surface area contributed by atoms with E-state index in [2.05, 4.69) is 10.6 Å². The molecule has 0 bridgehead atoms. The van der Waals surface area contributed by atoms with Crippen molar-refractivity contribution in [2.45, 2.75) is 13.0 Å². The van der Waals surface area contributed by atoms with E-state index in [1.54, 1.807) is 24.3 Å². The molecule has 6 heteroatoms. The van der Waals surface area contributed by atoms with Crippen LogP contribution in [0.5, 0.6) is 0 Å². The first kappa shape index (κ1) is 16.7. The highest BCUT2D eigenvalue weighted by Gasteiger charge is 2.28. The Kier molecular flexibility index (Phi) is 5.09. The number of hydrogen-bond acceptors (Lipinski definition) is 3. The summed E-state index contributed by atoms with van der Waals surface area (Å²) in [5.41, 5.74) is 2.41. The number of carbonyl (C=O) groups excluding carboxylic acids is 3. The Bertz CT molecular complexity index is 774. The van der Waals surface area contributed by atoms with E-state index in [-0.39, 0.29) is 24.9 Å². The number of rotatable bonds is 6. The third kappa shape index (κ3) is 4.23. The van der Waals surface area contributed by atoms with Gasteiger partial charge >= 0.3 is 6.03 Å². The summed E-state index contributed by atoms with van der Waals surface area (Å²) < 4.78 is 0. The molecule has 6 nitrogen and oxygen atoms in total. The van der Waals surface area contributed by atoms with Gasteiger partial charge in [0.05, 0.1) is 13.1 Å². The van der Waals surface area contributed by atoms with Crippen LogP contribution >= 0.6 is 0 Å². The van der Waals surface area contributed by atoms with E-state index in [0.717, 1.165) is 22.4 Å². The molecule has 0 spiro atoms. The lowest BCUT2D eigenvalue weighted by Gasteiger charge is -2.13. The topological polar surface area (TPSA) is 78.5 Å². The van der Waals surface area contributed by atoms with Gasteiger partial charge in [-0.05, 0) is 29.7 Å². The Morgan fingerprint density at radius 3 is 2.52 bits per heavy atom. The standard InChI is InChI=1S/C19H19N3O3/c23-17-12-21-19(25)22(17)13-15-7-4-8-16(11-15)18(24)20-10-9-14-5-2-1-3-6-14/h1-8,11H,9-10,12-13H2,(H,20,24)(H,21,25). The number of nitrogens with zero attached hydrogens (tertiary/aromatic N) is 1. The average Bonchev–Trinajstić information content (AvgIpc) is 2.95. The molecule has 4 amide bonds. The minimum Gasteiger partial charge on any atom is -0.352 e. The van der Waals surface area contributed by atoms with Gasteiger partial charge in [0.15, 0.2) is 0 Å². The van der Waals surface area contributed by atoms with Crippen molar-refractivity contribution in [3.05, 3.63) is 71.3 Å². The molecule has 1 aliphatic heterocycles. The highest BCUT2D eigenvalue weighted by molar-refractivity contribution is 6.02. The Morgan fingerprint density at radius 1 is 1.04 bits per heavy atom. The second kappa shape index (κ2) is 7.61. The van der Waals surface area contributed by atoms with E-state index < -0.39 is 6.03 Å². The van der Waals surface area contributed by atoms with Crippen molar-refractivity contribution >= 4 is 17.8 Å². The number of urea groups is 1. The molecular weight excluding hydrogens is 318 g/mol. The summed E-state index contributed by atoms with van der Waals surface area (Å²) >= 11 is 0. The SMILES string of the molecule is O=C(NCCc1ccccc1)c1cccc(CN2C(=O)CNC2=O)c1. The fraction of sp³-hybridized carbons (Fsp3) is 0.211. The molecule has 0 aliphatic carbocycles. The van der Waals surface area contributed by atoms with Crippen LogP contribution in [0.3, 0.4) is 0 Å². The zero-order chi connectivity index (χ0) is 17.6. The molecule has 2 aromatic rings. The number of hydrogen-bond donors (Lipinski definition) is 2. The molecule has 0 aromatic heterocycles. The third-order valence-electron chi connectivity index (χ3n) is 4.01. The minimum absolute atomic E-state index is 0.0263. The fourth-order valence-corrected chi connectivity index (χ4v) is 2.68. The summed E-state index contributed by atoms with van der Waals surface area (Å²) in [6, 6.07) is 16.5. The summed E-state index contributed by atoms with van der Waals surface area (Å²) in [4.78, 5) is 36.7. The summed E-state index contributed by atoms with van der Waals surface area (Å²) in [5.74, 6) is -0.433. The monoisotopic (exact) mass is 337 g/mol. The van der Waals surface area contributed by atoms with Crippen LogP contribution < -0.4 is 10.6 Å². The molecule has 2 N–H and O–H groups in total. The van der Waals surface area contributed by atoms with Crippen molar-refractivity contribution in [3.8, 4) is 0 Å². The molecule has 0 saturated carbocycles. The van der Waals surface area contributed by atoms with Crippen molar-refractivity contribution in [2.24, 2.45) is 0 Å². The molecule has 0 atom stereocenters. The largest absolute Gasteiger partial charge is 0.352 e. The molecule has 25 heavy (non-hydrogen) atoms. The Morgan fingerprint density at radius 2 is 1.80 bits per heavy atom. The predicted molar refractivity (Wildman–Crippen MR) is 92.9 cm³/mol. The first-order valence-electron chi connectivity index (χ1n) is 8.13. The maximum atomic E-state index is 12.3. The number of benzene rings is 2. The summed E-state index contributed by atoms with van der Waals surface area (Å²) in [6.45, 7) is 0.731. The molecule has 2 aromatic carbocycles. The average molecular weight is 337 g/mol. The first-order chi connectivity index (χ1) is 12.1. The third-order valence-corrected chi connectivity index (χ3v) is 4.01. The van der Waals surface area contributed by atoms with Crippen molar-refractivity contribution in [1.29, 1.82) is 0 Å². The Hall–Kier alpha value is -3.15. The zero-order valence-corrected chi connectivity index (χ0v) is 13.7. The van der Waals surface area contributed by atoms with Gasteiger partial charge in [-0.1, -0.05) is 42.5 Å². The van der Waals surface area contributed by atoms with Gasteiger partial charge in [0.25, 0.3) is 5.91 Å². The predicted octanol–water partition coefficient (Wildman–Crippen LogP) is 1.71. The molecule has 1 aliphatic rings. The Labute approximate surface area is 145 Å². The molecule has 0 unspecified atom stereocenters. The first-order valence-corrected chi connectivity index (χ1v) is 8.13. The fourth-order valence-electron chi connectivity index (χ4n) is 2.68. The molecule has 0 radical (unpaired) electrons. The van der Waals surface area contributed by atoms with Crippen LogP contribution in [0.2, 0.25) is 0 Å². The second-order valence-electron chi connectivity index (χ2n) is 5.83. The van der Waals surface area contributed by atoms with Gasteiger partial charge in [-0.25, -0.2) is 4.79 Å². The van der Waals surface area contributed by atoms with Crippen LogP contribution in [0.1, 0.15) is 21.5 Å². The van der Waals surface area contributed by atoms with Crippen molar-refractivity contribution in [3.63, 3.8) is 0 Å². The zero-order valence-electron chi connectivity index (χ0n) is 13.7. The maximum Gasteiger partial charge on any atom is 0.324 e. The van der Waals surface area contributed by atoms with Gasteiger partial charge < -0.3 is 10.6 Å². The van der Waals surface area contributed by atoms with Crippen LogP contribution in [-0.2, 0) is 17.8 Å². The van der Waals surface area contributed by atoms with Crippen LogP contribution in [0.15, 0.2) is 54.6 Å². The lowest BCUT2D eigenvalue weighted by atomic mass is 10.1. The quantitative estimate of drug-likeness (QED) is 0.788. The van der Waals surface area contributed by atoms with Gasteiger partial charge in [0.2, 0.25) is 5.91 Å². The van der Waals surface area contributed by atoms with Crippen molar-refractivity contribution in [2.75, 3.05) is 13.1 Å². The van der Waals surface area contributed by atoms with Crippen LogP contribution in [0.4, 0.5) is 4.79 Å². The summed E-state index contributed by atoms with van der Waals surface area (Å²) in [7, 11) is 0.